The van der Waals surface area contributed by atoms with Crippen LogP contribution in [0, 0.1) is 0 Å². The van der Waals surface area contributed by atoms with Crippen LogP contribution >= 0.6 is 11.8 Å². The Labute approximate surface area is 80.9 Å². The normalized spacial score (nSPS) is 19.7. The fourth-order valence-electron chi connectivity index (χ4n) is 1.51. The van der Waals surface area contributed by atoms with Crippen LogP contribution in [0.1, 0.15) is 11.6 Å². The summed E-state index contributed by atoms with van der Waals surface area (Å²) in [4.78, 5) is 1.08. The molecule has 0 unspecified atom stereocenters. The molecule has 1 aliphatic rings. The van der Waals surface area contributed by atoms with Crippen molar-refractivity contribution in [2.45, 2.75) is 10.9 Å². The van der Waals surface area contributed by atoms with Crippen molar-refractivity contribution in [1.29, 1.82) is 0 Å². The van der Waals surface area contributed by atoms with Crippen LogP contribution in [0.15, 0.2) is 17.0 Å². The van der Waals surface area contributed by atoms with Crippen LogP contribution < -0.4 is 10.5 Å². The lowest BCUT2D eigenvalue weighted by Gasteiger charge is -2.07. The molecule has 4 heteroatoms. The maximum atomic E-state index is 9.48. The Balaban J connectivity index is 2.60. The lowest BCUT2D eigenvalue weighted by atomic mass is 10.1. The highest BCUT2D eigenvalue weighted by Crippen LogP contribution is 2.43. The molecule has 0 amide bonds. The Hall–Kier alpha value is -0.870. The molecule has 1 atom stereocenters. The van der Waals surface area contributed by atoms with Crippen LogP contribution in [0.3, 0.4) is 0 Å². The summed E-state index contributed by atoms with van der Waals surface area (Å²) in [5, 5.41) is 9.48. The molecule has 0 aromatic heterocycles. The number of aromatic hydroxyl groups is 1. The minimum Gasteiger partial charge on any atom is -0.504 e. The number of phenols is 1. The molecule has 0 radical (unpaired) electrons. The molecule has 1 heterocycles. The number of rotatable bonds is 1. The van der Waals surface area contributed by atoms with E-state index in [-0.39, 0.29) is 11.8 Å². The van der Waals surface area contributed by atoms with Gasteiger partial charge in [0.05, 0.1) is 6.04 Å². The van der Waals surface area contributed by atoms with Gasteiger partial charge in [-0.2, -0.15) is 0 Å². The average Bonchev–Trinajstić information content (AvgIpc) is 2.51. The first kappa shape index (κ1) is 8.72. The molecule has 0 spiro atoms. The molecule has 1 aromatic rings. The van der Waals surface area contributed by atoms with Gasteiger partial charge in [-0.3, -0.25) is 0 Å². The summed E-state index contributed by atoms with van der Waals surface area (Å²) >= 11 is 1.62. The second-order valence-electron chi connectivity index (χ2n) is 2.95. The van der Waals surface area contributed by atoms with Crippen molar-refractivity contribution >= 4 is 11.8 Å². The van der Waals surface area contributed by atoms with Gasteiger partial charge in [-0.25, -0.2) is 0 Å². The fraction of sp³-hybridized carbons (Fsp3) is 0.333. The molecule has 3 N–H and O–H groups in total. The molecule has 0 saturated carbocycles. The lowest BCUT2D eigenvalue weighted by Crippen LogP contribution is -2.11. The zero-order valence-corrected chi connectivity index (χ0v) is 8.10. The second kappa shape index (κ2) is 3.12. The maximum Gasteiger partial charge on any atom is 0.167 e. The predicted molar refractivity (Wildman–Crippen MR) is 52.3 cm³/mol. The van der Waals surface area contributed by atoms with Gasteiger partial charge in [0, 0.05) is 10.5 Å². The van der Waals surface area contributed by atoms with Crippen LogP contribution in [0.5, 0.6) is 11.5 Å². The summed E-state index contributed by atoms with van der Waals surface area (Å²) in [6.45, 7) is 0.459. The van der Waals surface area contributed by atoms with Crippen molar-refractivity contribution in [3.05, 3.63) is 17.7 Å². The molecular weight excluding hydrogens is 186 g/mol. The molecule has 1 aliphatic heterocycles. The number of fused-ring (bicyclic) bond motifs is 1. The van der Waals surface area contributed by atoms with Gasteiger partial charge < -0.3 is 15.6 Å². The summed E-state index contributed by atoms with van der Waals surface area (Å²) in [6, 6.07) is 3.40. The molecule has 0 saturated heterocycles. The van der Waals surface area contributed by atoms with Crippen molar-refractivity contribution in [3.8, 4) is 11.5 Å². The first-order chi connectivity index (χ1) is 6.24. The topological polar surface area (TPSA) is 55.5 Å². The fourth-order valence-corrected chi connectivity index (χ4v) is 2.18. The van der Waals surface area contributed by atoms with Gasteiger partial charge in [0.25, 0.3) is 0 Å². The first-order valence-corrected chi connectivity index (χ1v) is 5.24. The lowest BCUT2D eigenvalue weighted by molar-refractivity contribution is 0.317. The second-order valence-corrected chi connectivity index (χ2v) is 3.80. The number of hydrogen-bond donors (Lipinski definition) is 2. The quantitative estimate of drug-likeness (QED) is 0.670. The van der Waals surface area contributed by atoms with E-state index in [9.17, 15) is 5.11 Å². The van der Waals surface area contributed by atoms with E-state index < -0.39 is 0 Å². The number of ether oxygens (including phenoxy) is 1. The van der Waals surface area contributed by atoms with E-state index in [1.165, 1.54) is 0 Å². The Morgan fingerprint density at radius 1 is 1.62 bits per heavy atom. The minimum atomic E-state index is -0.107. The van der Waals surface area contributed by atoms with Crippen LogP contribution in [0.25, 0.3) is 0 Å². The molecule has 0 aliphatic carbocycles. The summed E-state index contributed by atoms with van der Waals surface area (Å²) in [6.07, 6.45) is 1.98. The Morgan fingerprint density at radius 3 is 3.08 bits per heavy atom. The van der Waals surface area contributed by atoms with E-state index in [0.29, 0.717) is 12.4 Å². The number of benzene rings is 1. The van der Waals surface area contributed by atoms with Gasteiger partial charge in [-0.1, -0.05) is 0 Å². The Kier molecular flexibility index (Phi) is 2.09. The summed E-state index contributed by atoms with van der Waals surface area (Å²) in [5.74, 6) is 0.736. The van der Waals surface area contributed by atoms with E-state index in [1.54, 1.807) is 17.8 Å². The largest absolute Gasteiger partial charge is 0.504 e. The Morgan fingerprint density at radius 2 is 2.38 bits per heavy atom. The molecule has 0 fully saturated rings. The average molecular weight is 197 g/mol. The standard InChI is InChI=1S/C9H11NO2S/c1-13-7-3-2-6(11)9-8(7)5(10)4-12-9/h2-3,5,11H,4,10H2,1H3/t5-/m1/s1. The highest BCUT2D eigenvalue weighted by molar-refractivity contribution is 7.98. The summed E-state index contributed by atoms with van der Waals surface area (Å²) in [5.41, 5.74) is 6.78. The van der Waals surface area contributed by atoms with E-state index in [4.69, 9.17) is 10.5 Å². The molecule has 13 heavy (non-hydrogen) atoms. The monoisotopic (exact) mass is 197 g/mol. The van der Waals surface area contributed by atoms with Crippen molar-refractivity contribution < 1.29 is 9.84 Å². The predicted octanol–water partition coefficient (Wildman–Crippen LogP) is 1.51. The minimum absolute atomic E-state index is 0.107. The van der Waals surface area contributed by atoms with Crippen LogP contribution in [0.4, 0.5) is 0 Å². The molecule has 3 nitrogen and oxygen atoms in total. The van der Waals surface area contributed by atoms with E-state index in [1.807, 2.05) is 12.3 Å². The molecule has 1 aromatic carbocycles. The van der Waals surface area contributed by atoms with E-state index in [2.05, 4.69) is 0 Å². The van der Waals surface area contributed by atoms with Crippen molar-refractivity contribution in [3.63, 3.8) is 0 Å². The third kappa shape index (κ3) is 1.26. The number of thioether (sulfide) groups is 1. The number of hydrogen-bond acceptors (Lipinski definition) is 4. The maximum absolute atomic E-state index is 9.48. The van der Waals surface area contributed by atoms with Gasteiger partial charge in [-0.05, 0) is 18.4 Å². The van der Waals surface area contributed by atoms with Crippen LogP contribution in [0.2, 0.25) is 0 Å². The highest BCUT2D eigenvalue weighted by Gasteiger charge is 2.26. The number of nitrogens with two attached hydrogens (primary N) is 1. The molecule has 0 bridgehead atoms. The summed E-state index contributed by atoms with van der Waals surface area (Å²) in [7, 11) is 0. The third-order valence-corrected chi connectivity index (χ3v) is 2.93. The van der Waals surface area contributed by atoms with Crippen molar-refractivity contribution in [1.82, 2.24) is 0 Å². The van der Waals surface area contributed by atoms with Crippen LogP contribution in [-0.4, -0.2) is 18.0 Å². The summed E-state index contributed by atoms with van der Waals surface area (Å²) < 4.78 is 5.30. The van der Waals surface area contributed by atoms with Gasteiger partial charge in [0.2, 0.25) is 0 Å². The van der Waals surface area contributed by atoms with E-state index in [0.717, 1.165) is 10.5 Å². The SMILES string of the molecule is CSc1ccc(O)c2c1[C@H](N)CO2. The molecule has 70 valence electrons. The zero-order chi connectivity index (χ0) is 9.42. The van der Waals surface area contributed by atoms with Gasteiger partial charge >= 0.3 is 0 Å². The number of phenolic OH excluding ortho intramolecular Hbond substituents is 1. The van der Waals surface area contributed by atoms with Crippen molar-refractivity contribution in [2.24, 2.45) is 5.73 Å². The Bertz CT molecular complexity index is 341. The third-order valence-electron chi connectivity index (χ3n) is 2.13. The first-order valence-electron chi connectivity index (χ1n) is 4.02. The van der Waals surface area contributed by atoms with E-state index >= 15 is 0 Å². The van der Waals surface area contributed by atoms with Gasteiger partial charge in [0.1, 0.15) is 6.61 Å². The van der Waals surface area contributed by atoms with Gasteiger partial charge in [-0.15, -0.1) is 11.8 Å². The molecular formula is C9H11NO2S. The smallest absolute Gasteiger partial charge is 0.167 e. The zero-order valence-electron chi connectivity index (χ0n) is 7.28. The van der Waals surface area contributed by atoms with Crippen molar-refractivity contribution in [2.75, 3.05) is 12.9 Å². The van der Waals surface area contributed by atoms with Crippen LogP contribution in [-0.2, 0) is 0 Å². The van der Waals surface area contributed by atoms with Gasteiger partial charge in [0.15, 0.2) is 11.5 Å². The molecule has 2 rings (SSSR count). The highest BCUT2D eigenvalue weighted by atomic mass is 32.2.